The summed E-state index contributed by atoms with van der Waals surface area (Å²) in [6.07, 6.45) is 2.54. The Balaban J connectivity index is 1.67. The van der Waals surface area contributed by atoms with E-state index in [2.05, 4.69) is 5.16 Å². The van der Waals surface area contributed by atoms with Crippen molar-refractivity contribution in [3.63, 3.8) is 0 Å². The second-order valence-corrected chi connectivity index (χ2v) is 5.00. The highest BCUT2D eigenvalue weighted by atomic mass is 32.1. The number of hydrogen-bond donors (Lipinski definition) is 0. The van der Waals surface area contributed by atoms with Gasteiger partial charge in [-0.1, -0.05) is 11.2 Å². The number of hydrogen-bond acceptors (Lipinski definition) is 5. The zero-order valence-corrected chi connectivity index (χ0v) is 10.9. The molecule has 0 saturated carbocycles. The number of rotatable bonds is 5. The van der Waals surface area contributed by atoms with Gasteiger partial charge in [0.15, 0.2) is 11.5 Å². The van der Waals surface area contributed by atoms with Crippen LogP contribution >= 0.6 is 11.3 Å². The van der Waals surface area contributed by atoms with Gasteiger partial charge in [0.1, 0.15) is 11.5 Å². The van der Waals surface area contributed by atoms with Crippen LogP contribution in [0, 0.1) is 0 Å². The van der Waals surface area contributed by atoms with Crippen LogP contribution in [0.4, 0.5) is 0 Å². The van der Waals surface area contributed by atoms with Crippen LogP contribution in [0.1, 0.15) is 22.7 Å². The van der Waals surface area contributed by atoms with Crippen LogP contribution < -0.4 is 0 Å². The van der Waals surface area contributed by atoms with Crippen LogP contribution in [0.25, 0.3) is 10.6 Å². The van der Waals surface area contributed by atoms with Crippen molar-refractivity contribution < 1.29 is 13.7 Å². The second kappa shape index (κ2) is 5.24. The molecule has 0 spiro atoms. The first-order chi connectivity index (χ1) is 9.33. The number of Topliss-reactive ketones (excluding diaryl/α,β-unsaturated/α-hetero) is 1. The summed E-state index contributed by atoms with van der Waals surface area (Å²) in [5.74, 6) is 1.40. The molecule has 0 atom stereocenters. The fourth-order valence-corrected chi connectivity index (χ4v) is 2.43. The number of aromatic nitrogens is 1. The van der Waals surface area contributed by atoms with Crippen LogP contribution in [-0.2, 0) is 6.42 Å². The zero-order chi connectivity index (χ0) is 13.1. The molecule has 3 heterocycles. The molecule has 0 amide bonds. The Hall–Kier alpha value is -2.14. The largest absolute Gasteiger partial charge is 0.469 e. The molecule has 5 heteroatoms. The molecule has 96 valence electrons. The number of nitrogens with zero attached hydrogens (tertiary/aromatic N) is 1. The van der Waals surface area contributed by atoms with E-state index in [4.69, 9.17) is 8.94 Å². The van der Waals surface area contributed by atoms with E-state index < -0.39 is 0 Å². The van der Waals surface area contributed by atoms with Gasteiger partial charge in [0.25, 0.3) is 0 Å². The predicted octanol–water partition coefficient (Wildman–Crippen LogP) is 3.81. The highest BCUT2D eigenvalue weighted by molar-refractivity contribution is 7.13. The Kier molecular flexibility index (Phi) is 3.29. The molecular formula is C14H11NO3S. The Morgan fingerprint density at radius 3 is 3.00 bits per heavy atom. The monoisotopic (exact) mass is 273 g/mol. The molecule has 0 radical (unpaired) electrons. The predicted molar refractivity (Wildman–Crippen MR) is 71.2 cm³/mol. The molecule has 19 heavy (non-hydrogen) atoms. The molecule has 3 aromatic heterocycles. The van der Waals surface area contributed by atoms with Crippen molar-refractivity contribution in [3.05, 3.63) is 53.4 Å². The average Bonchev–Trinajstić information content (AvgIpc) is 3.14. The number of furan rings is 1. The minimum Gasteiger partial charge on any atom is -0.469 e. The fourth-order valence-electron chi connectivity index (χ4n) is 1.76. The summed E-state index contributed by atoms with van der Waals surface area (Å²) < 4.78 is 10.4. The van der Waals surface area contributed by atoms with Gasteiger partial charge in [-0.25, -0.2) is 0 Å². The summed E-state index contributed by atoms with van der Waals surface area (Å²) >= 11 is 1.55. The van der Waals surface area contributed by atoms with E-state index in [1.54, 1.807) is 23.7 Å². The van der Waals surface area contributed by atoms with Crippen LogP contribution in [0.5, 0.6) is 0 Å². The van der Waals surface area contributed by atoms with Gasteiger partial charge in [-0.05, 0) is 23.6 Å². The number of carbonyl (C=O) groups is 1. The van der Waals surface area contributed by atoms with E-state index in [0.29, 0.717) is 24.3 Å². The Bertz CT molecular complexity index is 653. The molecule has 3 aromatic rings. The van der Waals surface area contributed by atoms with Crippen molar-refractivity contribution in [1.29, 1.82) is 0 Å². The molecule has 0 fully saturated rings. The number of carbonyl (C=O) groups excluding carboxylic acids is 1. The summed E-state index contributed by atoms with van der Waals surface area (Å²) in [6.45, 7) is 0. The first-order valence-corrected chi connectivity index (χ1v) is 6.77. The van der Waals surface area contributed by atoms with Crippen LogP contribution in [-0.4, -0.2) is 10.9 Å². The lowest BCUT2D eigenvalue weighted by Crippen LogP contribution is -2.00. The van der Waals surface area contributed by atoms with E-state index in [1.807, 2.05) is 29.6 Å². The minimum absolute atomic E-state index is 0.0389. The first-order valence-electron chi connectivity index (χ1n) is 5.89. The summed E-state index contributed by atoms with van der Waals surface area (Å²) in [5.41, 5.74) is 0.370. The number of thiophene rings is 1. The van der Waals surface area contributed by atoms with Crippen molar-refractivity contribution >= 4 is 17.1 Å². The van der Waals surface area contributed by atoms with Crippen LogP contribution in [0.15, 0.2) is 50.9 Å². The smallest absolute Gasteiger partial charge is 0.185 e. The lowest BCUT2D eigenvalue weighted by Gasteiger charge is -1.93. The molecule has 0 saturated heterocycles. The quantitative estimate of drug-likeness (QED) is 0.663. The van der Waals surface area contributed by atoms with Crippen LogP contribution in [0.2, 0.25) is 0 Å². The highest BCUT2D eigenvalue weighted by Crippen LogP contribution is 2.25. The maximum absolute atomic E-state index is 12.0. The molecule has 0 aliphatic rings. The second-order valence-electron chi connectivity index (χ2n) is 4.06. The van der Waals surface area contributed by atoms with Crippen molar-refractivity contribution in [1.82, 2.24) is 5.16 Å². The molecule has 0 aliphatic carbocycles. The van der Waals surface area contributed by atoms with Crippen molar-refractivity contribution in [2.45, 2.75) is 12.8 Å². The highest BCUT2D eigenvalue weighted by Gasteiger charge is 2.14. The van der Waals surface area contributed by atoms with Gasteiger partial charge in [-0.3, -0.25) is 4.79 Å². The molecular weight excluding hydrogens is 262 g/mol. The SMILES string of the molecule is O=C(CCc1ccco1)c1cc(-c2cccs2)on1. The third-order valence-corrected chi connectivity index (χ3v) is 3.62. The van der Waals surface area contributed by atoms with Gasteiger partial charge in [0.05, 0.1) is 11.1 Å². The maximum atomic E-state index is 12.0. The van der Waals surface area contributed by atoms with Gasteiger partial charge in [-0.2, -0.15) is 0 Å². The summed E-state index contributed by atoms with van der Waals surface area (Å²) in [5, 5.41) is 5.78. The topological polar surface area (TPSA) is 56.2 Å². The first kappa shape index (κ1) is 11.9. The van der Waals surface area contributed by atoms with E-state index >= 15 is 0 Å². The van der Waals surface area contributed by atoms with Gasteiger partial charge in [0.2, 0.25) is 0 Å². The van der Waals surface area contributed by atoms with Crippen molar-refractivity contribution in [2.75, 3.05) is 0 Å². The molecule has 0 N–H and O–H groups in total. The lowest BCUT2D eigenvalue weighted by atomic mass is 10.1. The molecule has 0 aromatic carbocycles. The third kappa shape index (κ3) is 2.66. The van der Waals surface area contributed by atoms with Gasteiger partial charge < -0.3 is 8.94 Å². The Morgan fingerprint density at radius 1 is 1.32 bits per heavy atom. The minimum atomic E-state index is -0.0389. The number of ketones is 1. The summed E-state index contributed by atoms with van der Waals surface area (Å²) in [4.78, 5) is 12.9. The summed E-state index contributed by atoms with van der Waals surface area (Å²) in [6, 6.07) is 9.22. The van der Waals surface area contributed by atoms with Gasteiger partial charge in [0, 0.05) is 18.9 Å². The Labute approximate surface area is 113 Å². The summed E-state index contributed by atoms with van der Waals surface area (Å²) in [7, 11) is 0. The molecule has 3 rings (SSSR count). The molecule has 0 bridgehead atoms. The zero-order valence-electron chi connectivity index (χ0n) is 10.0. The molecule has 0 unspecified atom stereocenters. The standard InChI is InChI=1S/C14H11NO3S/c16-12(6-5-10-3-1-7-17-10)11-9-13(18-15-11)14-4-2-8-19-14/h1-4,7-9H,5-6H2. The lowest BCUT2D eigenvalue weighted by molar-refractivity contribution is 0.0972. The van der Waals surface area contributed by atoms with Crippen molar-refractivity contribution in [3.8, 4) is 10.6 Å². The molecule has 0 aliphatic heterocycles. The molecule has 4 nitrogen and oxygen atoms in total. The van der Waals surface area contributed by atoms with Crippen molar-refractivity contribution in [2.24, 2.45) is 0 Å². The van der Waals surface area contributed by atoms with Crippen LogP contribution in [0.3, 0.4) is 0 Å². The normalized spacial score (nSPS) is 10.7. The number of aryl methyl sites for hydroxylation is 1. The van der Waals surface area contributed by atoms with E-state index in [0.717, 1.165) is 10.6 Å². The van der Waals surface area contributed by atoms with Gasteiger partial charge in [-0.15, -0.1) is 11.3 Å². The maximum Gasteiger partial charge on any atom is 0.185 e. The van der Waals surface area contributed by atoms with E-state index in [9.17, 15) is 4.79 Å². The Morgan fingerprint density at radius 2 is 2.26 bits per heavy atom. The van der Waals surface area contributed by atoms with E-state index in [-0.39, 0.29) is 5.78 Å². The fraction of sp³-hybridized carbons (Fsp3) is 0.143. The third-order valence-electron chi connectivity index (χ3n) is 2.74. The van der Waals surface area contributed by atoms with Gasteiger partial charge >= 0.3 is 0 Å². The van der Waals surface area contributed by atoms with E-state index in [1.165, 1.54) is 0 Å². The average molecular weight is 273 g/mol.